The molecule has 1 aromatic heterocycles. The molecule has 0 saturated carbocycles. The normalized spacial score (nSPS) is 10.5. The van der Waals surface area contributed by atoms with Crippen molar-refractivity contribution < 1.29 is 19.1 Å². The minimum Gasteiger partial charge on any atom is -0.494 e. The van der Waals surface area contributed by atoms with Gasteiger partial charge in [0.2, 0.25) is 5.91 Å². The van der Waals surface area contributed by atoms with Gasteiger partial charge in [-0.15, -0.1) is 11.3 Å². The first-order valence-electron chi connectivity index (χ1n) is 10.2. The number of amides is 1. The van der Waals surface area contributed by atoms with E-state index in [0.717, 1.165) is 21.9 Å². The second-order valence-electron chi connectivity index (χ2n) is 6.97. The quantitative estimate of drug-likeness (QED) is 0.374. The van der Waals surface area contributed by atoms with Crippen LogP contribution < -0.4 is 10.1 Å². The van der Waals surface area contributed by atoms with Crippen molar-refractivity contribution in [3.63, 3.8) is 0 Å². The van der Waals surface area contributed by atoms with E-state index in [4.69, 9.17) is 9.47 Å². The fourth-order valence-electron chi connectivity index (χ4n) is 2.87. The molecule has 0 radical (unpaired) electrons. The molecular weight excluding hydrogens is 412 g/mol. The standard InChI is InChI=1S/C24H26N2O4S/c1-3-29-20-11-9-19(10-12-20)23-26-21(16-31-23)24(28)30-15-14-25-22(27)13-8-18-6-4-17(2)5-7-18/h4-7,9-12,16H,3,8,13-15H2,1-2H3,(H,25,27). The highest BCUT2D eigenvalue weighted by atomic mass is 32.1. The molecule has 6 nitrogen and oxygen atoms in total. The Labute approximate surface area is 186 Å². The molecule has 3 rings (SSSR count). The van der Waals surface area contributed by atoms with Crippen molar-refractivity contribution in [1.82, 2.24) is 10.3 Å². The molecule has 0 aliphatic rings. The van der Waals surface area contributed by atoms with Gasteiger partial charge in [-0.1, -0.05) is 29.8 Å². The van der Waals surface area contributed by atoms with Gasteiger partial charge in [0.15, 0.2) is 5.69 Å². The topological polar surface area (TPSA) is 77.5 Å². The van der Waals surface area contributed by atoms with Crippen LogP contribution in [0.4, 0.5) is 0 Å². The van der Waals surface area contributed by atoms with Gasteiger partial charge in [0.25, 0.3) is 0 Å². The third kappa shape index (κ3) is 6.93. The molecule has 1 amide bonds. The van der Waals surface area contributed by atoms with Gasteiger partial charge >= 0.3 is 5.97 Å². The summed E-state index contributed by atoms with van der Waals surface area (Å²) in [5.41, 5.74) is 3.49. The number of carbonyl (C=O) groups is 2. The van der Waals surface area contributed by atoms with E-state index < -0.39 is 5.97 Å². The van der Waals surface area contributed by atoms with Crippen molar-refractivity contribution in [1.29, 1.82) is 0 Å². The molecule has 31 heavy (non-hydrogen) atoms. The number of ether oxygens (including phenoxy) is 2. The van der Waals surface area contributed by atoms with E-state index in [2.05, 4.69) is 10.3 Å². The SMILES string of the molecule is CCOc1ccc(-c2nc(C(=O)OCCNC(=O)CCc3ccc(C)cc3)cs2)cc1. The summed E-state index contributed by atoms with van der Waals surface area (Å²) >= 11 is 1.38. The molecule has 0 bridgehead atoms. The molecule has 7 heteroatoms. The number of aromatic nitrogens is 1. The number of rotatable bonds is 10. The molecular formula is C24H26N2O4S. The number of benzene rings is 2. The third-order valence-electron chi connectivity index (χ3n) is 4.54. The summed E-state index contributed by atoms with van der Waals surface area (Å²) < 4.78 is 10.7. The molecule has 0 fully saturated rings. The van der Waals surface area contributed by atoms with E-state index in [9.17, 15) is 9.59 Å². The van der Waals surface area contributed by atoms with Crippen LogP contribution in [0.5, 0.6) is 5.75 Å². The van der Waals surface area contributed by atoms with Crippen LogP contribution in [0.3, 0.4) is 0 Å². The molecule has 0 saturated heterocycles. The predicted molar refractivity (Wildman–Crippen MR) is 122 cm³/mol. The van der Waals surface area contributed by atoms with Gasteiger partial charge in [0, 0.05) is 17.4 Å². The van der Waals surface area contributed by atoms with E-state index >= 15 is 0 Å². The first kappa shape index (κ1) is 22.5. The van der Waals surface area contributed by atoms with Crippen molar-refractivity contribution in [2.75, 3.05) is 19.8 Å². The van der Waals surface area contributed by atoms with E-state index in [1.54, 1.807) is 5.38 Å². The number of aryl methyl sites for hydroxylation is 2. The summed E-state index contributed by atoms with van der Waals surface area (Å²) in [7, 11) is 0. The lowest BCUT2D eigenvalue weighted by molar-refractivity contribution is -0.121. The zero-order valence-corrected chi connectivity index (χ0v) is 18.5. The van der Waals surface area contributed by atoms with Crippen molar-refractivity contribution in [2.45, 2.75) is 26.7 Å². The van der Waals surface area contributed by atoms with Crippen LogP contribution in [0.1, 0.15) is 35.0 Å². The smallest absolute Gasteiger partial charge is 0.357 e. The van der Waals surface area contributed by atoms with Gasteiger partial charge in [0.1, 0.15) is 17.4 Å². The maximum Gasteiger partial charge on any atom is 0.357 e. The van der Waals surface area contributed by atoms with Gasteiger partial charge in [-0.3, -0.25) is 4.79 Å². The fraction of sp³-hybridized carbons (Fsp3) is 0.292. The Bertz CT molecular complexity index is 997. The van der Waals surface area contributed by atoms with E-state index in [1.165, 1.54) is 16.9 Å². The first-order valence-corrected chi connectivity index (χ1v) is 11.1. The second-order valence-corrected chi connectivity index (χ2v) is 7.82. The maximum absolute atomic E-state index is 12.2. The Morgan fingerprint density at radius 2 is 1.81 bits per heavy atom. The largest absolute Gasteiger partial charge is 0.494 e. The van der Waals surface area contributed by atoms with Crippen LogP contribution in [-0.4, -0.2) is 36.6 Å². The molecule has 3 aromatic rings. The summed E-state index contributed by atoms with van der Waals surface area (Å²) in [6, 6.07) is 15.7. The monoisotopic (exact) mass is 438 g/mol. The van der Waals surface area contributed by atoms with Crippen LogP contribution in [0.2, 0.25) is 0 Å². The molecule has 0 aliphatic heterocycles. The highest BCUT2D eigenvalue weighted by molar-refractivity contribution is 7.13. The van der Waals surface area contributed by atoms with Gasteiger partial charge in [-0.25, -0.2) is 9.78 Å². The number of hydrogen-bond acceptors (Lipinski definition) is 6. The highest BCUT2D eigenvalue weighted by Gasteiger charge is 2.13. The minimum absolute atomic E-state index is 0.0666. The number of hydrogen-bond donors (Lipinski definition) is 1. The molecule has 0 unspecified atom stereocenters. The molecule has 0 spiro atoms. The van der Waals surface area contributed by atoms with Crippen LogP contribution in [0.15, 0.2) is 53.9 Å². The van der Waals surface area contributed by atoms with Crippen LogP contribution >= 0.6 is 11.3 Å². The van der Waals surface area contributed by atoms with Gasteiger partial charge in [0.05, 0.1) is 13.2 Å². The van der Waals surface area contributed by atoms with Crippen molar-refractivity contribution in [3.05, 3.63) is 70.7 Å². The van der Waals surface area contributed by atoms with Crippen molar-refractivity contribution in [3.8, 4) is 16.3 Å². The summed E-state index contributed by atoms with van der Waals surface area (Å²) in [4.78, 5) is 28.5. The Kier molecular flexibility index (Phi) is 8.18. The lowest BCUT2D eigenvalue weighted by atomic mass is 10.1. The van der Waals surface area contributed by atoms with Gasteiger partial charge in [-0.05, 0) is 50.1 Å². The molecule has 0 atom stereocenters. The maximum atomic E-state index is 12.2. The lowest BCUT2D eigenvalue weighted by Gasteiger charge is -2.06. The van der Waals surface area contributed by atoms with Crippen LogP contribution in [-0.2, 0) is 16.0 Å². The summed E-state index contributed by atoms with van der Waals surface area (Å²) in [5, 5.41) is 5.18. The van der Waals surface area contributed by atoms with Crippen LogP contribution in [0.25, 0.3) is 10.6 Å². The molecule has 162 valence electrons. The molecule has 1 heterocycles. The Balaban J connectivity index is 1.38. The minimum atomic E-state index is -0.498. The molecule has 1 N–H and O–H groups in total. The van der Waals surface area contributed by atoms with Crippen LogP contribution in [0, 0.1) is 6.92 Å². The third-order valence-corrected chi connectivity index (χ3v) is 5.44. The van der Waals surface area contributed by atoms with E-state index in [1.807, 2.05) is 62.4 Å². The van der Waals surface area contributed by atoms with E-state index in [-0.39, 0.29) is 24.8 Å². The fourth-order valence-corrected chi connectivity index (χ4v) is 3.67. The molecule has 2 aromatic carbocycles. The number of thiazole rings is 1. The van der Waals surface area contributed by atoms with Gasteiger partial charge in [-0.2, -0.15) is 0 Å². The van der Waals surface area contributed by atoms with E-state index in [0.29, 0.717) is 19.4 Å². The number of nitrogens with one attached hydrogen (secondary N) is 1. The Hall–Kier alpha value is -3.19. The molecule has 0 aliphatic carbocycles. The van der Waals surface area contributed by atoms with Crippen molar-refractivity contribution in [2.24, 2.45) is 0 Å². The Morgan fingerprint density at radius 3 is 2.52 bits per heavy atom. The summed E-state index contributed by atoms with van der Waals surface area (Å²) in [6.07, 6.45) is 1.08. The number of esters is 1. The average molecular weight is 439 g/mol. The summed E-state index contributed by atoms with van der Waals surface area (Å²) in [5.74, 6) is 0.230. The number of carbonyl (C=O) groups excluding carboxylic acids is 2. The average Bonchev–Trinajstić information content (AvgIpc) is 3.27. The Morgan fingerprint density at radius 1 is 1.06 bits per heavy atom. The predicted octanol–water partition coefficient (Wildman–Crippen LogP) is 4.42. The zero-order chi connectivity index (χ0) is 22.1. The lowest BCUT2D eigenvalue weighted by Crippen LogP contribution is -2.28. The second kappa shape index (κ2) is 11.3. The summed E-state index contributed by atoms with van der Waals surface area (Å²) in [6.45, 7) is 4.95. The van der Waals surface area contributed by atoms with Crippen molar-refractivity contribution >= 4 is 23.2 Å². The number of nitrogens with zero attached hydrogens (tertiary/aromatic N) is 1. The zero-order valence-electron chi connectivity index (χ0n) is 17.7. The van der Waals surface area contributed by atoms with Gasteiger partial charge < -0.3 is 14.8 Å². The highest BCUT2D eigenvalue weighted by Crippen LogP contribution is 2.26. The first-order chi connectivity index (χ1) is 15.0.